The minimum absolute atomic E-state index is 0.0878. The molecule has 0 aromatic carbocycles. The average Bonchev–Trinajstić information content (AvgIpc) is 2.79. The highest BCUT2D eigenvalue weighted by molar-refractivity contribution is 6.62. The normalized spacial score (nSPS) is 21.9. The van der Waals surface area contributed by atoms with E-state index in [1.807, 2.05) is 0 Å². The molecule has 0 N–H and O–H groups in total. The molecule has 0 aromatic heterocycles. The molecule has 1 rings (SSSR count). The molecule has 0 aromatic rings. The highest BCUT2D eigenvalue weighted by Gasteiger charge is 2.38. The predicted octanol–water partition coefficient (Wildman–Crippen LogP) is 0.680. The second kappa shape index (κ2) is 8.02. The van der Waals surface area contributed by atoms with Gasteiger partial charge in [-0.15, -0.1) is 0 Å². The summed E-state index contributed by atoms with van der Waals surface area (Å²) in [6, 6.07) is 0. The summed E-state index contributed by atoms with van der Waals surface area (Å²) in [5, 5.41) is 0. The third-order valence-corrected chi connectivity index (χ3v) is 3.80. The first-order valence-corrected chi connectivity index (χ1v) is 7.15. The highest BCUT2D eigenvalue weighted by Crippen LogP contribution is 2.29. The predicted molar refractivity (Wildman–Crippen MR) is 76.0 cm³/mol. The first-order chi connectivity index (χ1) is 9.98. The SMILES string of the molecule is CCOC(=O)C(=[N+]=[N-])C(=O)CCN1CCCC1(C)COC. The molecule has 118 valence electrons. The van der Waals surface area contributed by atoms with Crippen LogP contribution in [0.5, 0.6) is 0 Å². The smallest absolute Gasteiger partial charge is 0.441 e. The lowest BCUT2D eigenvalue weighted by molar-refractivity contribution is -0.141. The van der Waals surface area contributed by atoms with E-state index >= 15 is 0 Å². The molecule has 1 fully saturated rings. The van der Waals surface area contributed by atoms with Crippen LogP contribution in [0.4, 0.5) is 0 Å². The van der Waals surface area contributed by atoms with Crippen LogP contribution < -0.4 is 0 Å². The molecule has 1 aliphatic rings. The van der Waals surface area contributed by atoms with Crippen LogP contribution >= 0.6 is 0 Å². The van der Waals surface area contributed by atoms with E-state index in [-0.39, 0.29) is 18.6 Å². The van der Waals surface area contributed by atoms with Gasteiger partial charge in [0, 0.05) is 25.6 Å². The van der Waals surface area contributed by atoms with Gasteiger partial charge in [0.25, 0.3) is 5.78 Å². The van der Waals surface area contributed by atoms with Gasteiger partial charge in [0.2, 0.25) is 0 Å². The summed E-state index contributed by atoms with van der Waals surface area (Å²) < 4.78 is 9.92. The monoisotopic (exact) mass is 297 g/mol. The highest BCUT2D eigenvalue weighted by atomic mass is 16.5. The Kier molecular flexibility index (Phi) is 6.68. The van der Waals surface area contributed by atoms with E-state index in [4.69, 9.17) is 10.3 Å². The number of esters is 1. The van der Waals surface area contributed by atoms with Gasteiger partial charge in [0.05, 0.1) is 13.2 Å². The molecule has 0 radical (unpaired) electrons. The summed E-state index contributed by atoms with van der Waals surface area (Å²) in [6.07, 6.45) is 2.16. The van der Waals surface area contributed by atoms with Gasteiger partial charge in [-0.1, -0.05) is 0 Å². The van der Waals surface area contributed by atoms with E-state index < -0.39 is 17.5 Å². The lowest BCUT2D eigenvalue weighted by atomic mass is 10.00. The van der Waals surface area contributed by atoms with Crippen molar-refractivity contribution in [3.63, 3.8) is 0 Å². The van der Waals surface area contributed by atoms with E-state index in [0.717, 1.165) is 19.4 Å². The van der Waals surface area contributed by atoms with Crippen LogP contribution in [0.15, 0.2) is 0 Å². The Hall–Kier alpha value is -1.56. The summed E-state index contributed by atoms with van der Waals surface area (Å²) in [5.74, 6) is -1.39. The fourth-order valence-corrected chi connectivity index (χ4v) is 2.70. The second-order valence-corrected chi connectivity index (χ2v) is 5.36. The maximum absolute atomic E-state index is 12.0. The van der Waals surface area contributed by atoms with Gasteiger partial charge < -0.3 is 15.0 Å². The Labute approximate surface area is 124 Å². The van der Waals surface area contributed by atoms with E-state index in [2.05, 4.69) is 21.4 Å². The van der Waals surface area contributed by atoms with Crippen LogP contribution in [-0.4, -0.2) is 66.1 Å². The minimum Gasteiger partial charge on any atom is -0.457 e. The summed E-state index contributed by atoms with van der Waals surface area (Å²) >= 11 is 0. The number of ether oxygens (including phenoxy) is 2. The molecule has 21 heavy (non-hydrogen) atoms. The summed E-state index contributed by atoms with van der Waals surface area (Å²) in [5.41, 5.74) is 8.18. The molecule has 0 saturated carbocycles. The first-order valence-electron chi connectivity index (χ1n) is 7.15. The molecular formula is C14H23N3O4. The molecule has 1 heterocycles. The molecule has 0 spiro atoms. The number of Topliss-reactive ketones (excluding diaryl/α,β-unsaturated/α-hetero) is 1. The van der Waals surface area contributed by atoms with Crippen molar-refractivity contribution in [2.75, 3.05) is 33.4 Å². The van der Waals surface area contributed by atoms with Crippen molar-refractivity contribution in [2.24, 2.45) is 0 Å². The van der Waals surface area contributed by atoms with E-state index in [1.54, 1.807) is 14.0 Å². The van der Waals surface area contributed by atoms with Crippen molar-refractivity contribution in [2.45, 2.75) is 38.6 Å². The second-order valence-electron chi connectivity index (χ2n) is 5.36. The van der Waals surface area contributed by atoms with Gasteiger partial charge in [0.15, 0.2) is 0 Å². The van der Waals surface area contributed by atoms with Gasteiger partial charge in [-0.3, -0.25) is 9.69 Å². The zero-order chi connectivity index (χ0) is 15.9. The topological polar surface area (TPSA) is 92.2 Å². The number of rotatable bonds is 8. The third kappa shape index (κ3) is 4.46. The fourth-order valence-electron chi connectivity index (χ4n) is 2.70. The van der Waals surface area contributed by atoms with Crippen LogP contribution in [0.2, 0.25) is 0 Å². The maximum Gasteiger partial charge on any atom is 0.441 e. The van der Waals surface area contributed by atoms with Crippen molar-refractivity contribution in [3.05, 3.63) is 5.53 Å². The van der Waals surface area contributed by atoms with Gasteiger partial charge >= 0.3 is 11.7 Å². The number of likely N-dealkylation sites (tertiary alicyclic amines) is 1. The Morgan fingerprint density at radius 2 is 2.14 bits per heavy atom. The number of carbonyl (C=O) groups excluding carboxylic acids is 2. The number of ketones is 1. The molecule has 1 saturated heterocycles. The van der Waals surface area contributed by atoms with Crippen molar-refractivity contribution in [1.29, 1.82) is 0 Å². The molecular weight excluding hydrogens is 274 g/mol. The van der Waals surface area contributed by atoms with Crippen LogP contribution in [0.1, 0.15) is 33.1 Å². The van der Waals surface area contributed by atoms with Crippen molar-refractivity contribution >= 4 is 17.5 Å². The van der Waals surface area contributed by atoms with Crippen LogP contribution in [0.3, 0.4) is 0 Å². The van der Waals surface area contributed by atoms with E-state index in [0.29, 0.717) is 13.2 Å². The molecule has 1 atom stereocenters. The third-order valence-electron chi connectivity index (χ3n) is 3.80. The Bertz CT molecular complexity index is 446. The molecule has 0 bridgehead atoms. The average molecular weight is 297 g/mol. The standard InChI is InChI=1S/C14H23N3O4/c1-4-21-13(19)12(16-15)11(18)6-9-17-8-5-7-14(17,2)10-20-3/h4-10H2,1-3H3. The van der Waals surface area contributed by atoms with Crippen LogP contribution in [-0.2, 0) is 19.1 Å². The summed E-state index contributed by atoms with van der Waals surface area (Å²) in [7, 11) is 1.66. The first kappa shape index (κ1) is 17.5. The summed E-state index contributed by atoms with van der Waals surface area (Å²) in [6.45, 7) is 5.83. The number of carbonyl (C=O) groups is 2. The van der Waals surface area contributed by atoms with E-state index in [1.165, 1.54) is 0 Å². The number of hydrogen-bond acceptors (Lipinski definition) is 5. The fraction of sp³-hybridized carbons (Fsp3) is 0.786. The number of nitrogens with zero attached hydrogens (tertiary/aromatic N) is 3. The van der Waals surface area contributed by atoms with Gasteiger partial charge in [0.1, 0.15) is 0 Å². The Morgan fingerprint density at radius 1 is 1.43 bits per heavy atom. The van der Waals surface area contributed by atoms with E-state index in [9.17, 15) is 9.59 Å². The minimum atomic E-state index is -0.883. The van der Waals surface area contributed by atoms with Gasteiger partial charge in [-0.25, -0.2) is 4.79 Å². The Balaban J connectivity index is 2.60. The Morgan fingerprint density at radius 3 is 2.71 bits per heavy atom. The molecule has 1 aliphatic heterocycles. The van der Waals surface area contributed by atoms with Gasteiger partial charge in [-0.2, -0.15) is 4.79 Å². The maximum atomic E-state index is 12.0. The van der Waals surface area contributed by atoms with Crippen molar-refractivity contribution in [1.82, 2.24) is 4.90 Å². The molecule has 0 aliphatic carbocycles. The molecule has 0 amide bonds. The summed E-state index contributed by atoms with van der Waals surface area (Å²) in [4.78, 5) is 28.4. The largest absolute Gasteiger partial charge is 0.457 e. The van der Waals surface area contributed by atoms with Crippen LogP contribution in [0, 0.1) is 0 Å². The van der Waals surface area contributed by atoms with Crippen molar-refractivity contribution < 1.29 is 23.9 Å². The zero-order valence-corrected chi connectivity index (χ0v) is 12.9. The lowest BCUT2D eigenvalue weighted by Gasteiger charge is -2.34. The van der Waals surface area contributed by atoms with Crippen molar-refractivity contribution in [3.8, 4) is 0 Å². The lowest BCUT2D eigenvalue weighted by Crippen LogP contribution is -2.46. The molecule has 7 nitrogen and oxygen atoms in total. The molecule has 1 unspecified atom stereocenters. The molecule has 7 heteroatoms. The quantitative estimate of drug-likeness (QED) is 0.216. The van der Waals surface area contributed by atoms with Gasteiger partial charge in [-0.05, 0) is 33.2 Å². The van der Waals surface area contributed by atoms with Crippen LogP contribution in [0.25, 0.3) is 5.53 Å². The number of hydrogen-bond donors (Lipinski definition) is 0. The zero-order valence-electron chi connectivity index (χ0n) is 12.9. The number of methoxy groups -OCH3 is 1.